The van der Waals surface area contributed by atoms with Crippen molar-refractivity contribution in [2.75, 3.05) is 11.9 Å². The van der Waals surface area contributed by atoms with Crippen LogP contribution in [0, 0.1) is 13.8 Å². The van der Waals surface area contributed by atoms with Crippen LogP contribution in [-0.4, -0.2) is 16.9 Å². The van der Waals surface area contributed by atoms with E-state index in [0.29, 0.717) is 11.8 Å². The van der Waals surface area contributed by atoms with E-state index in [4.69, 9.17) is 4.74 Å². The minimum Gasteiger partial charge on any atom is -0.455 e. The normalized spacial score (nSPS) is 13.4. The molecule has 0 radical (unpaired) electrons. The predicted octanol–water partition coefficient (Wildman–Crippen LogP) is 5.53. The third-order valence-electron chi connectivity index (χ3n) is 4.99. The van der Waals surface area contributed by atoms with E-state index in [2.05, 4.69) is 16.8 Å². The molecule has 4 heteroatoms. The van der Waals surface area contributed by atoms with Gasteiger partial charge in [-0.2, -0.15) is 0 Å². The second-order valence-electron chi connectivity index (χ2n) is 7.07. The molecule has 2 aromatic carbocycles. The van der Waals surface area contributed by atoms with Gasteiger partial charge in [-0.1, -0.05) is 30.3 Å². The summed E-state index contributed by atoms with van der Waals surface area (Å²) in [5.41, 5.74) is 3.88. The van der Waals surface area contributed by atoms with E-state index < -0.39 is 0 Å². The number of Topliss-reactive ketones (excluding diaryl/α,β-unsaturated/α-hetero) is 1. The summed E-state index contributed by atoms with van der Waals surface area (Å²) >= 11 is 0. The van der Waals surface area contributed by atoms with Gasteiger partial charge in [-0.05, 0) is 57.0 Å². The summed E-state index contributed by atoms with van der Waals surface area (Å²) in [5, 5.41) is 3.25. The monoisotopic (exact) mass is 360 g/mol. The van der Waals surface area contributed by atoms with Crippen LogP contribution in [0.4, 0.5) is 5.69 Å². The van der Waals surface area contributed by atoms with Crippen LogP contribution in [0.25, 0.3) is 0 Å². The van der Waals surface area contributed by atoms with Crippen molar-refractivity contribution in [3.05, 3.63) is 77.6 Å². The lowest BCUT2D eigenvalue weighted by Crippen LogP contribution is -2.15. The van der Waals surface area contributed by atoms with Crippen molar-refractivity contribution >= 4 is 11.5 Å². The summed E-state index contributed by atoms with van der Waals surface area (Å²) < 4.78 is 8.26. The molecule has 4 nitrogen and oxygen atoms in total. The fourth-order valence-electron chi connectivity index (χ4n) is 3.54. The van der Waals surface area contributed by atoms with Crippen molar-refractivity contribution in [1.82, 2.24) is 4.57 Å². The van der Waals surface area contributed by atoms with Gasteiger partial charge in [0.2, 0.25) is 0 Å². The van der Waals surface area contributed by atoms with Crippen LogP contribution in [0.15, 0.2) is 60.7 Å². The van der Waals surface area contributed by atoms with Gasteiger partial charge in [0.1, 0.15) is 5.75 Å². The molecule has 138 valence electrons. The Morgan fingerprint density at radius 1 is 1.07 bits per heavy atom. The highest BCUT2D eigenvalue weighted by Crippen LogP contribution is 2.38. The first-order chi connectivity index (χ1) is 13.1. The standard InChI is InChI=1S/C23H24N2O2/c1-16-14-20(17(2)25(16)18-12-13-18)22(26)15-24-21-10-6-7-11-23(21)27-19-8-4-3-5-9-19/h3-11,14,18,24H,12-13,15H2,1-2H3. The number of para-hydroxylation sites is 3. The highest BCUT2D eigenvalue weighted by atomic mass is 16.5. The highest BCUT2D eigenvalue weighted by molar-refractivity contribution is 6.00. The average molecular weight is 360 g/mol. The average Bonchev–Trinajstić information content (AvgIpc) is 3.46. The Morgan fingerprint density at radius 2 is 1.78 bits per heavy atom. The maximum Gasteiger partial charge on any atom is 0.183 e. The van der Waals surface area contributed by atoms with Gasteiger partial charge < -0.3 is 14.6 Å². The summed E-state index contributed by atoms with van der Waals surface area (Å²) in [5.74, 6) is 1.58. The number of hydrogen-bond donors (Lipinski definition) is 1. The van der Waals surface area contributed by atoms with Gasteiger partial charge in [0, 0.05) is 23.0 Å². The maximum absolute atomic E-state index is 12.8. The Bertz CT molecular complexity index is 956. The third kappa shape index (κ3) is 3.75. The van der Waals surface area contributed by atoms with Crippen molar-refractivity contribution < 1.29 is 9.53 Å². The van der Waals surface area contributed by atoms with Crippen molar-refractivity contribution in [3.63, 3.8) is 0 Å². The Labute approximate surface area is 159 Å². The minimum absolute atomic E-state index is 0.101. The first-order valence-electron chi connectivity index (χ1n) is 9.41. The lowest BCUT2D eigenvalue weighted by molar-refractivity contribution is 0.101. The molecule has 1 N–H and O–H groups in total. The molecule has 1 saturated carbocycles. The van der Waals surface area contributed by atoms with E-state index in [-0.39, 0.29) is 12.3 Å². The number of carbonyl (C=O) groups is 1. The molecule has 1 fully saturated rings. The number of aryl methyl sites for hydroxylation is 1. The van der Waals surface area contributed by atoms with Gasteiger partial charge in [0.25, 0.3) is 0 Å². The Morgan fingerprint density at radius 3 is 2.52 bits per heavy atom. The van der Waals surface area contributed by atoms with Gasteiger partial charge >= 0.3 is 0 Å². The molecule has 1 aliphatic rings. The van der Waals surface area contributed by atoms with Crippen LogP contribution in [0.2, 0.25) is 0 Å². The van der Waals surface area contributed by atoms with Crippen LogP contribution >= 0.6 is 0 Å². The van der Waals surface area contributed by atoms with E-state index in [0.717, 1.165) is 22.7 Å². The molecule has 1 aromatic heterocycles. The molecule has 27 heavy (non-hydrogen) atoms. The molecule has 4 rings (SSSR count). The predicted molar refractivity (Wildman–Crippen MR) is 108 cm³/mol. The molecule has 0 amide bonds. The summed E-state index contributed by atoms with van der Waals surface area (Å²) in [4.78, 5) is 12.8. The summed E-state index contributed by atoms with van der Waals surface area (Å²) in [6.45, 7) is 4.37. The quantitative estimate of drug-likeness (QED) is 0.564. The van der Waals surface area contributed by atoms with E-state index in [1.807, 2.05) is 67.6 Å². The SMILES string of the molecule is Cc1cc(C(=O)CNc2ccccc2Oc2ccccc2)c(C)n1C1CC1. The summed E-state index contributed by atoms with van der Waals surface area (Å²) in [6, 6.07) is 19.9. The first kappa shape index (κ1) is 17.4. The summed E-state index contributed by atoms with van der Waals surface area (Å²) in [7, 11) is 0. The number of nitrogens with zero attached hydrogens (tertiary/aromatic N) is 1. The van der Waals surface area contributed by atoms with Crippen LogP contribution in [0.5, 0.6) is 11.5 Å². The number of ether oxygens (including phenoxy) is 1. The van der Waals surface area contributed by atoms with Crippen LogP contribution < -0.4 is 10.1 Å². The van der Waals surface area contributed by atoms with Crippen molar-refractivity contribution in [2.24, 2.45) is 0 Å². The molecular formula is C23H24N2O2. The second-order valence-corrected chi connectivity index (χ2v) is 7.07. The lowest BCUT2D eigenvalue weighted by atomic mass is 10.1. The zero-order valence-electron chi connectivity index (χ0n) is 15.7. The maximum atomic E-state index is 12.8. The molecule has 1 aliphatic carbocycles. The Balaban J connectivity index is 1.48. The molecule has 0 atom stereocenters. The zero-order chi connectivity index (χ0) is 18.8. The highest BCUT2D eigenvalue weighted by Gasteiger charge is 2.28. The number of anilines is 1. The van der Waals surface area contributed by atoms with Crippen LogP contribution in [-0.2, 0) is 0 Å². The zero-order valence-corrected chi connectivity index (χ0v) is 15.7. The molecule has 0 unspecified atom stereocenters. The fourth-order valence-corrected chi connectivity index (χ4v) is 3.54. The molecular weight excluding hydrogens is 336 g/mol. The number of nitrogens with one attached hydrogen (secondary N) is 1. The number of ketones is 1. The van der Waals surface area contributed by atoms with E-state index in [1.165, 1.54) is 18.5 Å². The first-order valence-corrected chi connectivity index (χ1v) is 9.41. The topological polar surface area (TPSA) is 43.3 Å². The summed E-state index contributed by atoms with van der Waals surface area (Å²) in [6.07, 6.45) is 2.43. The van der Waals surface area contributed by atoms with Crippen LogP contribution in [0.1, 0.15) is 40.6 Å². The van der Waals surface area contributed by atoms with Gasteiger partial charge in [-0.15, -0.1) is 0 Å². The van der Waals surface area contributed by atoms with Crippen molar-refractivity contribution in [3.8, 4) is 11.5 Å². The smallest absolute Gasteiger partial charge is 0.183 e. The van der Waals surface area contributed by atoms with Gasteiger partial charge in [0.05, 0.1) is 12.2 Å². The van der Waals surface area contributed by atoms with Crippen LogP contribution in [0.3, 0.4) is 0 Å². The molecule has 0 bridgehead atoms. The number of rotatable bonds is 7. The largest absolute Gasteiger partial charge is 0.455 e. The minimum atomic E-state index is 0.101. The fraction of sp³-hybridized carbons (Fsp3) is 0.261. The lowest BCUT2D eigenvalue weighted by Gasteiger charge is -2.13. The molecule has 1 heterocycles. The van der Waals surface area contributed by atoms with Gasteiger partial charge in [-0.3, -0.25) is 4.79 Å². The number of aromatic nitrogens is 1. The third-order valence-corrected chi connectivity index (χ3v) is 4.99. The number of benzene rings is 2. The van der Waals surface area contributed by atoms with Gasteiger partial charge in [-0.25, -0.2) is 0 Å². The number of carbonyl (C=O) groups excluding carboxylic acids is 1. The van der Waals surface area contributed by atoms with E-state index >= 15 is 0 Å². The number of hydrogen-bond acceptors (Lipinski definition) is 3. The molecule has 0 spiro atoms. The molecule has 0 aliphatic heterocycles. The molecule has 0 saturated heterocycles. The van der Waals surface area contributed by atoms with Crippen molar-refractivity contribution in [1.29, 1.82) is 0 Å². The molecule has 3 aromatic rings. The van der Waals surface area contributed by atoms with E-state index in [9.17, 15) is 4.79 Å². The Kier molecular flexibility index (Phi) is 4.71. The Hall–Kier alpha value is -3.01. The van der Waals surface area contributed by atoms with Gasteiger partial charge in [0.15, 0.2) is 11.5 Å². The van der Waals surface area contributed by atoms with Crippen molar-refractivity contribution in [2.45, 2.75) is 32.7 Å². The van der Waals surface area contributed by atoms with E-state index in [1.54, 1.807) is 0 Å². The second kappa shape index (κ2) is 7.31.